The Morgan fingerprint density at radius 1 is 1.62 bits per heavy atom. The molecule has 1 aromatic heterocycles. The second kappa shape index (κ2) is 6.60. The molecule has 1 amide bonds. The van der Waals surface area contributed by atoms with Crippen LogP contribution in [-0.4, -0.2) is 43.1 Å². The van der Waals surface area contributed by atoms with Crippen molar-refractivity contribution >= 4 is 21.8 Å². The molecule has 4 nitrogen and oxygen atoms in total. The molecule has 0 aliphatic carbocycles. The molecular formula is C11H15BrN2O2. The summed E-state index contributed by atoms with van der Waals surface area (Å²) >= 11 is 3.24. The Kier molecular flexibility index (Phi) is 5.42. The molecule has 0 aromatic carbocycles. The molecular weight excluding hydrogens is 272 g/mol. The molecule has 0 saturated heterocycles. The van der Waals surface area contributed by atoms with Gasteiger partial charge in [-0.1, -0.05) is 0 Å². The van der Waals surface area contributed by atoms with Crippen molar-refractivity contribution in [3.8, 4) is 0 Å². The highest BCUT2D eigenvalue weighted by Gasteiger charge is 2.11. The summed E-state index contributed by atoms with van der Waals surface area (Å²) in [4.78, 5) is 17.6. The number of halogens is 1. The first-order chi connectivity index (χ1) is 7.65. The summed E-state index contributed by atoms with van der Waals surface area (Å²) in [6, 6.07) is 3.43. The van der Waals surface area contributed by atoms with Crippen LogP contribution in [0.2, 0.25) is 0 Å². The number of pyridine rings is 1. The number of carbonyl (C=O) groups excluding carboxylic acids is 1. The summed E-state index contributed by atoms with van der Waals surface area (Å²) in [6.07, 6.45) is 2.45. The highest BCUT2D eigenvalue weighted by molar-refractivity contribution is 9.10. The van der Waals surface area contributed by atoms with Gasteiger partial charge in [0.2, 0.25) is 0 Å². The lowest BCUT2D eigenvalue weighted by molar-refractivity contribution is 0.0779. The smallest absolute Gasteiger partial charge is 0.253 e. The Labute approximate surface area is 104 Å². The number of hydrogen-bond donors (Lipinski definition) is 0. The van der Waals surface area contributed by atoms with E-state index in [2.05, 4.69) is 20.9 Å². The van der Waals surface area contributed by atoms with E-state index < -0.39 is 0 Å². The normalized spacial score (nSPS) is 10.2. The van der Waals surface area contributed by atoms with E-state index >= 15 is 0 Å². The van der Waals surface area contributed by atoms with Crippen molar-refractivity contribution in [1.82, 2.24) is 9.88 Å². The monoisotopic (exact) mass is 286 g/mol. The molecule has 0 saturated carbocycles. The van der Waals surface area contributed by atoms with Crippen LogP contribution >= 0.6 is 15.9 Å². The van der Waals surface area contributed by atoms with Crippen LogP contribution in [-0.2, 0) is 4.74 Å². The predicted octanol–water partition coefficient (Wildman–Crippen LogP) is 1.95. The molecule has 0 radical (unpaired) electrons. The lowest BCUT2D eigenvalue weighted by atomic mass is 10.2. The Hall–Kier alpha value is -0.940. The molecule has 1 rings (SSSR count). The first-order valence-corrected chi connectivity index (χ1v) is 5.80. The Balaban J connectivity index is 2.56. The summed E-state index contributed by atoms with van der Waals surface area (Å²) in [6.45, 7) is 1.35. The van der Waals surface area contributed by atoms with Crippen LogP contribution in [0.25, 0.3) is 0 Å². The van der Waals surface area contributed by atoms with Gasteiger partial charge in [-0.05, 0) is 34.5 Å². The Bertz CT molecular complexity index is 358. The van der Waals surface area contributed by atoms with Crippen LogP contribution in [0.15, 0.2) is 22.9 Å². The molecule has 0 N–H and O–H groups in total. The third kappa shape index (κ3) is 3.90. The molecule has 0 fully saturated rings. The first kappa shape index (κ1) is 13.1. The standard InChI is InChI=1S/C11H15BrN2O2/c1-14(6-3-7-16-2)11(15)9-4-5-13-10(12)8-9/h4-5,8H,3,6-7H2,1-2H3. The number of aromatic nitrogens is 1. The van der Waals surface area contributed by atoms with Crippen LogP contribution < -0.4 is 0 Å². The molecule has 0 spiro atoms. The summed E-state index contributed by atoms with van der Waals surface area (Å²) in [5.74, 6) is -0.000738. The van der Waals surface area contributed by atoms with Crippen LogP contribution in [0.4, 0.5) is 0 Å². The van der Waals surface area contributed by atoms with Gasteiger partial charge in [0, 0.05) is 39.1 Å². The average molecular weight is 287 g/mol. The molecule has 1 aromatic rings. The number of carbonyl (C=O) groups is 1. The fourth-order valence-corrected chi connectivity index (χ4v) is 1.67. The third-order valence-electron chi connectivity index (χ3n) is 2.16. The van der Waals surface area contributed by atoms with E-state index in [0.29, 0.717) is 23.3 Å². The van der Waals surface area contributed by atoms with Crippen molar-refractivity contribution in [3.63, 3.8) is 0 Å². The summed E-state index contributed by atoms with van der Waals surface area (Å²) in [7, 11) is 3.44. The zero-order valence-corrected chi connectivity index (χ0v) is 11.0. The van der Waals surface area contributed by atoms with Gasteiger partial charge in [0.25, 0.3) is 5.91 Å². The molecule has 0 aliphatic heterocycles. The number of methoxy groups -OCH3 is 1. The Morgan fingerprint density at radius 3 is 3.00 bits per heavy atom. The maximum atomic E-state index is 11.9. The average Bonchev–Trinajstić information content (AvgIpc) is 2.28. The van der Waals surface area contributed by atoms with E-state index in [1.54, 1.807) is 37.4 Å². The molecule has 88 valence electrons. The van der Waals surface area contributed by atoms with Gasteiger partial charge >= 0.3 is 0 Å². The van der Waals surface area contributed by atoms with Gasteiger partial charge in [-0.25, -0.2) is 4.98 Å². The van der Waals surface area contributed by atoms with Crippen molar-refractivity contribution in [2.24, 2.45) is 0 Å². The third-order valence-corrected chi connectivity index (χ3v) is 2.60. The SMILES string of the molecule is COCCCN(C)C(=O)c1ccnc(Br)c1. The van der Waals surface area contributed by atoms with Gasteiger partial charge in [-0.2, -0.15) is 0 Å². The highest BCUT2D eigenvalue weighted by Crippen LogP contribution is 2.10. The molecule has 16 heavy (non-hydrogen) atoms. The minimum atomic E-state index is -0.000738. The van der Waals surface area contributed by atoms with E-state index in [1.165, 1.54) is 0 Å². The molecule has 0 aliphatic rings. The van der Waals surface area contributed by atoms with E-state index in [4.69, 9.17) is 4.74 Å². The first-order valence-electron chi connectivity index (χ1n) is 5.01. The van der Waals surface area contributed by atoms with Crippen LogP contribution in [0.1, 0.15) is 16.8 Å². The van der Waals surface area contributed by atoms with Crippen LogP contribution in [0.3, 0.4) is 0 Å². The lowest BCUT2D eigenvalue weighted by Gasteiger charge is -2.16. The fraction of sp³-hybridized carbons (Fsp3) is 0.455. The van der Waals surface area contributed by atoms with Gasteiger partial charge in [0.15, 0.2) is 0 Å². The van der Waals surface area contributed by atoms with E-state index in [-0.39, 0.29) is 5.91 Å². The number of nitrogens with zero attached hydrogens (tertiary/aromatic N) is 2. The van der Waals surface area contributed by atoms with Crippen molar-refractivity contribution in [1.29, 1.82) is 0 Å². The molecule has 1 heterocycles. The predicted molar refractivity (Wildman–Crippen MR) is 65.4 cm³/mol. The second-order valence-electron chi connectivity index (χ2n) is 3.44. The van der Waals surface area contributed by atoms with Crippen molar-refractivity contribution < 1.29 is 9.53 Å². The topological polar surface area (TPSA) is 42.4 Å². The zero-order valence-electron chi connectivity index (χ0n) is 9.44. The van der Waals surface area contributed by atoms with Crippen LogP contribution in [0, 0.1) is 0 Å². The van der Waals surface area contributed by atoms with Gasteiger partial charge < -0.3 is 9.64 Å². The van der Waals surface area contributed by atoms with E-state index in [0.717, 1.165) is 6.42 Å². The van der Waals surface area contributed by atoms with Crippen molar-refractivity contribution in [2.45, 2.75) is 6.42 Å². The lowest BCUT2D eigenvalue weighted by Crippen LogP contribution is -2.28. The fourth-order valence-electron chi connectivity index (χ4n) is 1.30. The molecule has 0 unspecified atom stereocenters. The summed E-state index contributed by atoms with van der Waals surface area (Å²) < 4.78 is 5.61. The minimum absolute atomic E-state index is 0.000738. The van der Waals surface area contributed by atoms with E-state index in [9.17, 15) is 4.79 Å². The molecule has 0 atom stereocenters. The van der Waals surface area contributed by atoms with Gasteiger partial charge in [-0.15, -0.1) is 0 Å². The van der Waals surface area contributed by atoms with Crippen molar-refractivity contribution in [2.75, 3.05) is 27.3 Å². The summed E-state index contributed by atoms with van der Waals surface area (Å²) in [5, 5.41) is 0. The largest absolute Gasteiger partial charge is 0.385 e. The molecule has 0 bridgehead atoms. The molecule has 5 heteroatoms. The number of rotatable bonds is 5. The second-order valence-corrected chi connectivity index (χ2v) is 4.25. The maximum absolute atomic E-state index is 11.9. The summed E-state index contributed by atoms with van der Waals surface area (Å²) in [5.41, 5.74) is 0.641. The van der Waals surface area contributed by atoms with Crippen LogP contribution in [0.5, 0.6) is 0 Å². The number of hydrogen-bond acceptors (Lipinski definition) is 3. The maximum Gasteiger partial charge on any atom is 0.253 e. The minimum Gasteiger partial charge on any atom is -0.385 e. The van der Waals surface area contributed by atoms with E-state index in [1.807, 2.05) is 0 Å². The Morgan fingerprint density at radius 2 is 2.38 bits per heavy atom. The number of amides is 1. The van der Waals surface area contributed by atoms with Crippen molar-refractivity contribution in [3.05, 3.63) is 28.5 Å². The number of ether oxygens (including phenoxy) is 1. The quantitative estimate of drug-likeness (QED) is 0.614. The highest BCUT2D eigenvalue weighted by atomic mass is 79.9. The zero-order chi connectivity index (χ0) is 12.0. The van der Waals surface area contributed by atoms with Gasteiger partial charge in [0.05, 0.1) is 0 Å². The van der Waals surface area contributed by atoms with Gasteiger partial charge in [-0.3, -0.25) is 4.79 Å². The van der Waals surface area contributed by atoms with Gasteiger partial charge in [0.1, 0.15) is 4.60 Å².